The number of amides is 1. The number of ketones is 1. The largest absolute Gasteiger partial charge is 0.298 e. The van der Waals surface area contributed by atoms with Gasteiger partial charge in [-0.05, 0) is 18.6 Å². The minimum absolute atomic E-state index is 0.123. The highest BCUT2D eigenvalue weighted by Crippen LogP contribution is 2.36. The SMILES string of the molecule is Cc1cc(Cl)cc([N+](=O)[O-])c1N1CC(=O)CC1=O. The smallest absolute Gasteiger partial charge is 0.294 e. The first-order valence-corrected chi connectivity index (χ1v) is 5.54. The van der Waals surface area contributed by atoms with E-state index in [1.54, 1.807) is 6.92 Å². The number of carbonyl (C=O) groups is 2. The van der Waals surface area contributed by atoms with Crippen LogP contribution in [0.25, 0.3) is 0 Å². The normalized spacial score (nSPS) is 15.3. The van der Waals surface area contributed by atoms with Crippen LogP contribution in [0.4, 0.5) is 11.4 Å². The molecule has 1 aliphatic heterocycles. The lowest BCUT2D eigenvalue weighted by Crippen LogP contribution is -2.26. The predicted octanol–water partition coefficient (Wildman–Crippen LogP) is 1.86. The molecule has 0 radical (unpaired) electrons. The zero-order valence-corrected chi connectivity index (χ0v) is 10.2. The first-order chi connectivity index (χ1) is 8.40. The average Bonchev–Trinajstić information content (AvgIpc) is 2.56. The Hall–Kier alpha value is -1.95. The van der Waals surface area contributed by atoms with E-state index >= 15 is 0 Å². The number of carbonyl (C=O) groups excluding carboxylic acids is 2. The van der Waals surface area contributed by atoms with E-state index < -0.39 is 10.8 Å². The van der Waals surface area contributed by atoms with E-state index in [1.165, 1.54) is 12.1 Å². The third-order valence-electron chi connectivity index (χ3n) is 2.70. The van der Waals surface area contributed by atoms with Crippen LogP contribution in [0.1, 0.15) is 12.0 Å². The molecule has 94 valence electrons. The molecule has 7 heteroatoms. The highest BCUT2D eigenvalue weighted by Gasteiger charge is 2.34. The molecule has 1 aromatic carbocycles. The fourth-order valence-electron chi connectivity index (χ4n) is 2.00. The Kier molecular flexibility index (Phi) is 3.04. The average molecular weight is 269 g/mol. The summed E-state index contributed by atoms with van der Waals surface area (Å²) in [6.07, 6.45) is -0.209. The van der Waals surface area contributed by atoms with Crippen LogP contribution in [-0.2, 0) is 9.59 Å². The van der Waals surface area contributed by atoms with Crippen LogP contribution in [0.15, 0.2) is 12.1 Å². The van der Waals surface area contributed by atoms with E-state index in [-0.39, 0.29) is 35.1 Å². The van der Waals surface area contributed by atoms with E-state index in [9.17, 15) is 19.7 Å². The molecule has 0 aliphatic carbocycles. The minimum Gasteiger partial charge on any atom is -0.298 e. The number of anilines is 1. The van der Waals surface area contributed by atoms with Crippen molar-refractivity contribution in [1.82, 2.24) is 0 Å². The van der Waals surface area contributed by atoms with Crippen molar-refractivity contribution in [2.24, 2.45) is 0 Å². The molecule has 0 atom stereocenters. The summed E-state index contributed by atoms with van der Waals surface area (Å²) in [4.78, 5) is 34.4. The molecular formula is C11H9ClN2O4. The van der Waals surface area contributed by atoms with Crippen LogP contribution in [0.3, 0.4) is 0 Å². The molecule has 0 bridgehead atoms. The molecule has 2 rings (SSSR count). The fourth-order valence-corrected chi connectivity index (χ4v) is 2.26. The zero-order valence-electron chi connectivity index (χ0n) is 9.47. The molecule has 1 saturated heterocycles. The molecule has 6 nitrogen and oxygen atoms in total. The summed E-state index contributed by atoms with van der Waals surface area (Å²) in [5, 5.41) is 11.2. The maximum Gasteiger partial charge on any atom is 0.294 e. The second-order valence-electron chi connectivity index (χ2n) is 4.04. The number of nitro groups is 1. The molecule has 1 amide bonds. The Balaban J connectivity index is 2.59. The lowest BCUT2D eigenvalue weighted by atomic mass is 10.1. The van der Waals surface area contributed by atoms with Gasteiger partial charge in [-0.15, -0.1) is 0 Å². The third kappa shape index (κ3) is 2.06. The van der Waals surface area contributed by atoms with E-state index in [2.05, 4.69) is 0 Å². The molecule has 0 spiro atoms. The summed E-state index contributed by atoms with van der Waals surface area (Å²) < 4.78 is 0. The lowest BCUT2D eigenvalue weighted by Gasteiger charge is -2.17. The number of nitrogens with zero attached hydrogens (tertiary/aromatic N) is 2. The van der Waals surface area contributed by atoms with Crippen LogP contribution in [0.5, 0.6) is 0 Å². The zero-order chi connectivity index (χ0) is 13.4. The highest BCUT2D eigenvalue weighted by molar-refractivity contribution is 6.31. The summed E-state index contributed by atoms with van der Waals surface area (Å²) in [7, 11) is 0. The quantitative estimate of drug-likeness (QED) is 0.466. The van der Waals surface area contributed by atoms with E-state index in [0.717, 1.165) is 4.90 Å². The van der Waals surface area contributed by atoms with Gasteiger partial charge in [-0.1, -0.05) is 11.6 Å². The van der Waals surface area contributed by atoms with Crippen molar-refractivity contribution in [2.45, 2.75) is 13.3 Å². The number of nitro benzene ring substituents is 1. The van der Waals surface area contributed by atoms with Crippen LogP contribution < -0.4 is 4.90 Å². The molecule has 0 aromatic heterocycles. The van der Waals surface area contributed by atoms with Crippen molar-refractivity contribution in [3.8, 4) is 0 Å². The van der Waals surface area contributed by atoms with Gasteiger partial charge in [-0.2, -0.15) is 0 Å². The molecule has 0 N–H and O–H groups in total. The summed E-state index contributed by atoms with van der Waals surface area (Å²) >= 11 is 5.76. The number of halogens is 1. The van der Waals surface area contributed by atoms with Gasteiger partial charge in [0.05, 0.1) is 17.9 Å². The number of rotatable bonds is 2. The summed E-state index contributed by atoms with van der Waals surface area (Å²) in [5.41, 5.74) is 0.389. The lowest BCUT2D eigenvalue weighted by molar-refractivity contribution is -0.384. The fraction of sp³-hybridized carbons (Fsp3) is 0.273. The Labute approximate surface area is 107 Å². The topological polar surface area (TPSA) is 80.5 Å². The van der Waals surface area contributed by atoms with Gasteiger partial charge in [-0.3, -0.25) is 24.6 Å². The summed E-state index contributed by atoms with van der Waals surface area (Å²) in [6.45, 7) is 1.49. The van der Waals surface area contributed by atoms with Gasteiger partial charge in [0.2, 0.25) is 5.91 Å². The molecule has 1 fully saturated rings. The van der Waals surface area contributed by atoms with Crippen molar-refractivity contribution in [3.63, 3.8) is 0 Å². The summed E-state index contributed by atoms with van der Waals surface area (Å²) in [6, 6.07) is 2.71. The first-order valence-electron chi connectivity index (χ1n) is 5.16. The number of aryl methyl sites for hydroxylation is 1. The monoisotopic (exact) mass is 268 g/mol. The highest BCUT2D eigenvalue weighted by atomic mass is 35.5. The number of hydrogen-bond donors (Lipinski definition) is 0. The number of Topliss-reactive ketones (excluding diaryl/α,β-unsaturated/α-hetero) is 1. The molecule has 0 unspecified atom stereocenters. The predicted molar refractivity (Wildman–Crippen MR) is 64.8 cm³/mol. The van der Waals surface area contributed by atoms with Crippen LogP contribution in [-0.4, -0.2) is 23.2 Å². The van der Waals surface area contributed by atoms with Gasteiger partial charge in [-0.25, -0.2) is 0 Å². The number of benzene rings is 1. The van der Waals surface area contributed by atoms with Crippen LogP contribution >= 0.6 is 11.6 Å². The Morgan fingerprint density at radius 2 is 2.06 bits per heavy atom. The molecule has 0 saturated carbocycles. The van der Waals surface area contributed by atoms with Gasteiger partial charge in [0.15, 0.2) is 5.78 Å². The Bertz CT molecular complexity index is 570. The van der Waals surface area contributed by atoms with Crippen molar-refractivity contribution in [2.75, 3.05) is 11.4 Å². The van der Waals surface area contributed by atoms with Crippen molar-refractivity contribution in [1.29, 1.82) is 0 Å². The van der Waals surface area contributed by atoms with Crippen LogP contribution in [0, 0.1) is 17.0 Å². The molecule has 1 aliphatic rings. The van der Waals surface area contributed by atoms with Crippen molar-refractivity contribution >= 4 is 34.7 Å². The third-order valence-corrected chi connectivity index (χ3v) is 2.91. The second kappa shape index (κ2) is 4.38. The standard InChI is InChI=1S/C11H9ClN2O4/c1-6-2-7(12)3-9(14(17)18)11(6)13-5-8(15)4-10(13)16/h2-3H,4-5H2,1H3. The van der Waals surface area contributed by atoms with Crippen molar-refractivity contribution < 1.29 is 14.5 Å². The molecule has 1 aromatic rings. The Morgan fingerprint density at radius 1 is 1.39 bits per heavy atom. The Morgan fingerprint density at radius 3 is 2.56 bits per heavy atom. The van der Waals surface area contributed by atoms with Crippen molar-refractivity contribution in [3.05, 3.63) is 32.8 Å². The minimum atomic E-state index is -0.607. The number of hydrogen-bond acceptors (Lipinski definition) is 4. The van der Waals surface area contributed by atoms with Gasteiger partial charge < -0.3 is 0 Å². The van der Waals surface area contributed by atoms with Gasteiger partial charge >= 0.3 is 0 Å². The van der Waals surface area contributed by atoms with E-state index in [4.69, 9.17) is 11.6 Å². The maximum absolute atomic E-state index is 11.6. The van der Waals surface area contributed by atoms with Crippen LogP contribution in [0.2, 0.25) is 5.02 Å². The second-order valence-corrected chi connectivity index (χ2v) is 4.48. The molecule has 18 heavy (non-hydrogen) atoms. The van der Waals surface area contributed by atoms with Gasteiger partial charge in [0.25, 0.3) is 5.69 Å². The van der Waals surface area contributed by atoms with E-state index in [0.29, 0.717) is 5.56 Å². The molecule has 1 heterocycles. The van der Waals surface area contributed by atoms with E-state index in [1.807, 2.05) is 0 Å². The van der Waals surface area contributed by atoms with Gasteiger partial charge in [0, 0.05) is 11.1 Å². The molecular weight excluding hydrogens is 260 g/mol. The first kappa shape index (κ1) is 12.5. The summed E-state index contributed by atoms with van der Waals surface area (Å²) in [5.74, 6) is -0.669. The van der Waals surface area contributed by atoms with Gasteiger partial charge in [0.1, 0.15) is 5.69 Å². The maximum atomic E-state index is 11.6.